The van der Waals surface area contributed by atoms with Crippen molar-refractivity contribution in [1.82, 2.24) is 19.9 Å². The van der Waals surface area contributed by atoms with E-state index in [1.54, 1.807) is 11.3 Å². The van der Waals surface area contributed by atoms with E-state index in [1.807, 2.05) is 0 Å². The Labute approximate surface area is 192 Å². The highest BCUT2D eigenvalue weighted by molar-refractivity contribution is 7.12. The quantitative estimate of drug-likeness (QED) is 0.434. The SMILES string of the molecule is Cc1cccc(-c2nc(CC(=O)c3cnc(Cl)cn3)sc2CN2CCC[C@H]2C(C)C)c1. The normalized spacial score (nSPS) is 16.9. The maximum Gasteiger partial charge on any atom is 0.189 e. The molecule has 162 valence electrons. The van der Waals surface area contributed by atoms with Crippen LogP contribution < -0.4 is 0 Å². The summed E-state index contributed by atoms with van der Waals surface area (Å²) in [7, 11) is 0. The van der Waals surface area contributed by atoms with Gasteiger partial charge in [-0.2, -0.15) is 0 Å². The first kappa shape index (κ1) is 22.1. The highest BCUT2D eigenvalue weighted by Crippen LogP contribution is 2.33. The molecule has 4 rings (SSSR count). The van der Waals surface area contributed by atoms with E-state index >= 15 is 0 Å². The number of rotatable bonds is 7. The van der Waals surface area contributed by atoms with Gasteiger partial charge in [0.15, 0.2) is 5.78 Å². The first-order valence-electron chi connectivity index (χ1n) is 10.7. The van der Waals surface area contributed by atoms with Crippen LogP contribution in [0, 0.1) is 12.8 Å². The number of Topliss-reactive ketones (excluding diaryl/α,β-unsaturated/α-hetero) is 1. The number of hydrogen-bond acceptors (Lipinski definition) is 6. The lowest BCUT2D eigenvalue weighted by Gasteiger charge is -2.27. The van der Waals surface area contributed by atoms with Crippen LogP contribution in [0.15, 0.2) is 36.7 Å². The van der Waals surface area contributed by atoms with Crippen LogP contribution in [0.3, 0.4) is 0 Å². The molecule has 0 spiro atoms. The molecule has 0 radical (unpaired) electrons. The van der Waals surface area contributed by atoms with Gasteiger partial charge in [-0.15, -0.1) is 11.3 Å². The molecule has 1 atom stereocenters. The summed E-state index contributed by atoms with van der Waals surface area (Å²) in [4.78, 5) is 29.5. The summed E-state index contributed by atoms with van der Waals surface area (Å²) in [6.45, 7) is 8.68. The minimum absolute atomic E-state index is 0.0958. The number of ketones is 1. The maximum absolute atomic E-state index is 12.7. The fourth-order valence-corrected chi connectivity index (χ4v) is 5.49. The van der Waals surface area contributed by atoms with Crippen LogP contribution in [0.1, 0.15) is 52.6 Å². The van der Waals surface area contributed by atoms with Gasteiger partial charge in [0.25, 0.3) is 0 Å². The Balaban J connectivity index is 1.63. The third kappa shape index (κ3) is 5.20. The van der Waals surface area contributed by atoms with Gasteiger partial charge in [0.2, 0.25) is 0 Å². The molecule has 5 nitrogen and oxygen atoms in total. The first-order valence-corrected chi connectivity index (χ1v) is 11.9. The largest absolute Gasteiger partial charge is 0.295 e. The number of aromatic nitrogens is 3. The Hall–Kier alpha value is -2.15. The van der Waals surface area contributed by atoms with Crippen LogP contribution in [0.4, 0.5) is 0 Å². The molecule has 1 aliphatic rings. The minimum atomic E-state index is -0.0958. The number of carbonyl (C=O) groups excluding carboxylic acids is 1. The molecule has 7 heteroatoms. The molecule has 3 heterocycles. The predicted molar refractivity (Wildman–Crippen MR) is 126 cm³/mol. The summed E-state index contributed by atoms with van der Waals surface area (Å²) in [5.74, 6) is 0.531. The van der Waals surface area contributed by atoms with E-state index in [9.17, 15) is 4.79 Å². The van der Waals surface area contributed by atoms with E-state index in [1.165, 1.54) is 35.7 Å². The van der Waals surface area contributed by atoms with E-state index < -0.39 is 0 Å². The lowest BCUT2D eigenvalue weighted by Crippen LogP contribution is -2.32. The van der Waals surface area contributed by atoms with Crippen molar-refractivity contribution >= 4 is 28.7 Å². The van der Waals surface area contributed by atoms with Crippen molar-refractivity contribution < 1.29 is 4.79 Å². The molecule has 0 bridgehead atoms. The molecule has 0 saturated carbocycles. The zero-order valence-electron chi connectivity index (χ0n) is 18.1. The van der Waals surface area contributed by atoms with Gasteiger partial charge in [0.1, 0.15) is 15.9 Å². The second-order valence-electron chi connectivity index (χ2n) is 8.50. The van der Waals surface area contributed by atoms with Crippen molar-refractivity contribution in [3.63, 3.8) is 0 Å². The lowest BCUT2D eigenvalue weighted by atomic mass is 10.0. The third-order valence-corrected chi connectivity index (χ3v) is 7.02. The summed E-state index contributed by atoms with van der Waals surface area (Å²) < 4.78 is 0. The summed E-state index contributed by atoms with van der Waals surface area (Å²) in [6, 6.07) is 9.02. The standard InChI is InChI=1S/C24H27ClN4OS/c1-15(2)19-8-5-9-29(19)14-21-24(17-7-4-6-16(3)10-17)28-23(31-21)11-20(30)18-12-27-22(25)13-26-18/h4,6-7,10,12-13,15,19H,5,8-9,11,14H2,1-3H3/t19-/m0/s1. The van der Waals surface area contributed by atoms with Crippen LogP contribution in [0.5, 0.6) is 0 Å². The summed E-state index contributed by atoms with van der Waals surface area (Å²) >= 11 is 7.44. The lowest BCUT2D eigenvalue weighted by molar-refractivity contribution is 0.0988. The average Bonchev–Trinajstić information content (AvgIpc) is 3.36. The van der Waals surface area contributed by atoms with Crippen LogP contribution in [0.25, 0.3) is 11.3 Å². The Morgan fingerprint density at radius 2 is 2.13 bits per heavy atom. The molecule has 0 N–H and O–H groups in total. The van der Waals surface area contributed by atoms with Gasteiger partial charge in [-0.1, -0.05) is 49.2 Å². The van der Waals surface area contributed by atoms with Crippen molar-refractivity contribution in [3.8, 4) is 11.3 Å². The Kier molecular flexibility index (Phi) is 6.80. The van der Waals surface area contributed by atoms with E-state index in [2.05, 4.69) is 59.9 Å². The summed E-state index contributed by atoms with van der Waals surface area (Å²) in [5, 5.41) is 1.09. The zero-order chi connectivity index (χ0) is 22.0. The Morgan fingerprint density at radius 3 is 2.84 bits per heavy atom. The molecule has 1 saturated heterocycles. The molecule has 1 fully saturated rings. The van der Waals surface area contributed by atoms with Crippen molar-refractivity contribution in [2.45, 2.75) is 52.6 Å². The molecule has 0 amide bonds. The van der Waals surface area contributed by atoms with Gasteiger partial charge < -0.3 is 0 Å². The van der Waals surface area contributed by atoms with Gasteiger partial charge in [-0.05, 0) is 38.3 Å². The monoisotopic (exact) mass is 454 g/mol. The fourth-order valence-electron chi connectivity index (χ4n) is 4.27. The molecule has 0 unspecified atom stereocenters. The van der Waals surface area contributed by atoms with Gasteiger partial charge in [0.05, 0.1) is 24.5 Å². The number of nitrogens with zero attached hydrogens (tertiary/aromatic N) is 4. The Morgan fingerprint density at radius 1 is 1.29 bits per heavy atom. The van der Waals surface area contributed by atoms with Crippen molar-refractivity contribution in [2.75, 3.05) is 6.54 Å². The highest BCUT2D eigenvalue weighted by atomic mass is 35.5. The van der Waals surface area contributed by atoms with E-state index in [0.717, 1.165) is 29.4 Å². The van der Waals surface area contributed by atoms with Crippen LogP contribution in [-0.4, -0.2) is 38.2 Å². The highest BCUT2D eigenvalue weighted by Gasteiger charge is 2.29. The van der Waals surface area contributed by atoms with E-state index in [4.69, 9.17) is 16.6 Å². The molecule has 1 aromatic carbocycles. The second kappa shape index (κ2) is 9.55. The van der Waals surface area contributed by atoms with Gasteiger partial charge in [-0.25, -0.2) is 15.0 Å². The average molecular weight is 455 g/mol. The molecule has 31 heavy (non-hydrogen) atoms. The fraction of sp³-hybridized carbons (Fsp3) is 0.417. The zero-order valence-corrected chi connectivity index (χ0v) is 19.7. The van der Waals surface area contributed by atoms with Crippen molar-refractivity contribution in [3.05, 3.63) is 63.0 Å². The van der Waals surface area contributed by atoms with Gasteiger partial charge >= 0.3 is 0 Å². The third-order valence-electron chi connectivity index (χ3n) is 5.78. The number of likely N-dealkylation sites (tertiary alicyclic amines) is 1. The number of carbonyl (C=O) groups is 1. The predicted octanol–water partition coefficient (Wildman–Crippen LogP) is 5.61. The number of thiazole rings is 1. The molecule has 0 aliphatic carbocycles. The molecule has 3 aromatic rings. The second-order valence-corrected chi connectivity index (χ2v) is 10.1. The number of hydrogen-bond donors (Lipinski definition) is 0. The topological polar surface area (TPSA) is 59.0 Å². The maximum atomic E-state index is 12.7. The van der Waals surface area contributed by atoms with Crippen LogP contribution in [-0.2, 0) is 13.0 Å². The van der Waals surface area contributed by atoms with Crippen LogP contribution >= 0.6 is 22.9 Å². The van der Waals surface area contributed by atoms with Gasteiger partial charge in [0, 0.05) is 23.0 Å². The van der Waals surface area contributed by atoms with Crippen molar-refractivity contribution in [1.29, 1.82) is 0 Å². The molecular formula is C24H27ClN4OS. The Bertz CT molecular complexity index is 1060. The smallest absolute Gasteiger partial charge is 0.189 e. The molecular weight excluding hydrogens is 428 g/mol. The van der Waals surface area contributed by atoms with Crippen molar-refractivity contribution in [2.24, 2.45) is 5.92 Å². The number of halogens is 1. The molecule has 1 aliphatic heterocycles. The first-order chi connectivity index (χ1) is 14.9. The van der Waals surface area contributed by atoms with Gasteiger partial charge in [-0.3, -0.25) is 9.69 Å². The van der Waals surface area contributed by atoms with Crippen LogP contribution in [0.2, 0.25) is 5.15 Å². The van der Waals surface area contributed by atoms with E-state index in [-0.39, 0.29) is 17.4 Å². The number of aryl methyl sites for hydroxylation is 1. The summed E-state index contributed by atoms with van der Waals surface area (Å²) in [6.07, 6.45) is 5.53. The van der Waals surface area contributed by atoms with E-state index in [0.29, 0.717) is 17.7 Å². The molecule has 2 aromatic heterocycles. The summed E-state index contributed by atoms with van der Waals surface area (Å²) in [5.41, 5.74) is 3.62. The number of benzene rings is 1. The minimum Gasteiger partial charge on any atom is -0.295 e.